The first-order chi connectivity index (χ1) is 14.1. The topological polar surface area (TPSA) is 45.6 Å². The molecule has 0 radical (unpaired) electrons. The van der Waals surface area contributed by atoms with Crippen LogP contribution in [0.1, 0.15) is 52.4 Å². The Morgan fingerprint density at radius 2 is 1.66 bits per heavy atom. The van der Waals surface area contributed by atoms with Gasteiger partial charge in [-0.2, -0.15) is 0 Å². The Balaban J connectivity index is 1.26. The molecule has 2 fully saturated rings. The van der Waals surface area contributed by atoms with Crippen molar-refractivity contribution in [3.63, 3.8) is 0 Å². The highest BCUT2D eigenvalue weighted by molar-refractivity contribution is 5.95. The van der Waals surface area contributed by atoms with E-state index < -0.39 is 0 Å². The Morgan fingerprint density at radius 1 is 0.931 bits per heavy atom. The zero-order valence-corrected chi connectivity index (χ0v) is 17.1. The summed E-state index contributed by atoms with van der Waals surface area (Å²) >= 11 is 0. The maximum Gasteiger partial charge on any atom is 0.263 e. The molecule has 0 spiro atoms. The second-order valence-corrected chi connectivity index (χ2v) is 8.81. The summed E-state index contributed by atoms with van der Waals surface area (Å²) in [5, 5.41) is 0. The fraction of sp³-hybridized carbons (Fsp3) is 0.500. The second-order valence-electron chi connectivity index (χ2n) is 8.81. The fourth-order valence-electron chi connectivity index (χ4n) is 4.98. The van der Waals surface area contributed by atoms with Crippen molar-refractivity contribution in [3.8, 4) is 0 Å². The van der Waals surface area contributed by atoms with Gasteiger partial charge < -0.3 is 9.47 Å². The Morgan fingerprint density at radius 3 is 2.38 bits per heavy atom. The van der Waals surface area contributed by atoms with Crippen LogP contribution in [0.5, 0.6) is 0 Å². The molecular weight excluding hydrogens is 362 g/mol. The number of carbonyl (C=O) groups is 1. The molecule has 3 aliphatic rings. The van der Waals surface area contributed by atoms with Gasteiger partial charge in [0, 0.05) is 44.5 Å². The molecule has 29 heavy (non-hydrogen) atoms. The number of pyridine rings is 1. The van der Waals surface area contributed by atoms with E-state index in [0.717, 1.165) is 44.3 Å². The number of aryl methyl sites for hydroxylation is 2. The number of amides is 1. The van der Waals surface area contributed by atoms with Gasteiger partial charge in [-0.25, -0.2) is 0 Å². The summed E-state index contributed by atoms with van der Waals surface area (Å²) in [6.45, 7) is 5.06. The Hall–Kier alpha value is -2.40. The van der Waals surface area contributed by atoms with Crippen molar-refractivity contribution in [2.24, 2.45) is 0 Å². The van der Waals surface area contributed by atoms with Crippen molar-refractivity contribution in [2.75, 3.05) is 26.2 Å². The zero-order valence-electron chi connectivity index (χ0n) is 17.1. The van der Waals surface area contributed by atoms with Gasteiger partial charge in [-0.05, 0) is 61.8 Å². The van der Waals surface area contributed by atoms with E-state index in [0.29, 0.717) is 30.7 Å². The van der Waals surface area contributed by atoms with E-state index in [1.165, 1.54) is 17.5 Å². The largest absolute Gasteiger partial charge is 0.336 e. The van der Waals surface area contributed by atoms with E-state index >= 15 is 0 Å². The number of aromatic nitrogens is 1. The third-order valence-electron chi connectivity index (χ3n) is 6.92. The average Bonchev–Trinajstić information content (AvgIpc) is 3.59. The van der Waals surface area contributed by atoms with Crippen LogP contribution in [0.4, 0.5) is 0 Å². The highest BCUT2D eigenvalue weighted by atomic mass is 16.2. The third-order valence-corrected chi connectivity index (χ3v) is 6.92. The molecule has 2 heterocycles. The van der Waals surface area contributed by atoms with Crippen molar-refractivity contribution < 1.29 is 4.79 Å². The van der Waals surface area contributed by atoms with Crippen LogP contribution in [0.2, 0.25) is 0 Å². The van der Waals surface area contributed by atoms with Gasteiger partial charge in [0.25, 0.3) is 11.5 Å². The molecule has 1 unspecified atom stereocenters. The summed E-state index contributed by atoms with van der Waals surface area (Å²) in [6, 6.07) is 11.5. The lowest BCUT2D eigenvalue weighted by Gasteiger charge is -2.41. The van der Waals surface area contributed by atoms with E-state index in [4.69, 9.17) is 0 Å². The average molecular weight is 392 g/mol. The maximum atomic E-state index is 13.2. The minimum Gasteiger partial charge on any atom is -0.336 e. The van der Waals surface area contributed by atoms with E-state index in [-0.39, 0.29) is 11.5 Å². The van der Waals surface area contributed by atoms with Gasteiger partial charge in [-0.1, -0.05) is 24.3 Å². The predicted octanol–water partition coefficient (Wildman–Crippen LogP) is 2.81. The van der Waals surface area contributed by atoms with Gasteiger partial charge in [0.05, 0.1) is 0 Å². The lowest BCUT2D eigenvalue weighted by Crippen LogP contribution is -2.53. The Kier molecular flexibility index (Phi) is 4.78. The fourth-order valence-corrected chi connectivity index (χ4v) is 4.98. The summed E-state index contributed by atoms with van der Waals surface area (Å²) in [5.74, 6) is -0.0869. The van der Waals surface area contributed by atoms with E-state index in [1.807, 2.05) is 24.1 Å². The number of hydrogen-bond acceptors (Lipinski definition) is 3. The van der Waals surface area contributed by atoms with Crippen molar-refractivity contribution in [1.82, 2.24) is 14.4 Å². The first kappa shape index (κ1) is 18.6. The van der Waals surface area contributed by atoms with Crippen LogP contribution >= 0.6 is 0 Å². The molecule has 5 heteroatoms. The minimum absolute atomic E-state index is 0.0869. The summed E-state index contributed by atoms with van der Waals surface area (Å²) in [6.07, 6.45) is 7.37. The monoisotopic (exact) mass is 391 g/mol. The number of nitrogens with zero attached hydrogens (tertiary/aromatic N) is 3. The number of carbonyl (C=O) groups excluding carboxylic acids is 1. The molecule has 1 saturated heterocycles. The van der Waals surface area contributed by atoms with Gasteiger partial charge in [0.2, 0.25) is 0 Å². The number of hydrogen-bond donors (Lipinski definition) is 0. The van der Waals surface area contributed by atoms with Gasteiger partial charge in [0.15, 0.2) is 0 Å². The molecule has 0 bridgehead atoms. The van der Waals surface area contributed by atoms with Crippen LogP contribution < -0.4 is 5.56 Å². The molecule has 1 aliphatic heterocycles. The molecule has 1 saturated carbocycles. The molecule has 1 atom stereocenters. The SMILES string of the molecule is Cc1ccn(C2CC2)c(=O)c1C(=O)N1CCN(C2CCc3ccccc3C2)CC1. The Bertz CT molecular complexity index is 984. The molecular formula is C24H29N3O2. The lowest BCUT2D eigenvalue weighted by molar-refractivity contribution is 0.0550. The minimum atomic E-state index is -0.108. The Labute approximate surface area is 171 Å². The lowest BCUT2D eigenvalue weighted by atomic mass is 9.87. The summed E-state index contributed by atoms with van der Waals surface area (Å²) in [7, 11) is 0. The van der Waals surface area contributed by atoms with Crippen LogP contribution in [-0.4, -0.2) is 52.5 Å². The van der Waals surface area contributed by atoms with Crippen molar-refractivity contribution in [1.29, 1.82) is 0 Å². The molecule has 2 aliphatic carbocycles. The standard InChI is InChI=1S/C24H29N3O2/c1-17-10-11-27(20-8-9-20)24(29)22(17)23(28)26-14-12-25(13-15-26)21-7-6-18-4-2-3-5-19(18)16-21/h2-5,10-11,20-21H,6-9,12-16H2,1H3. The normalized spacial score (nSPS) is 22.4. The number of rotatable bonds is 3. The maximum absolute atomic E-state index is 13.2. The van der Waals surface area contributed by atoms with Crippen molar-refractivity contribution in [3.05, 3.63) is 69.1 Å². The summed E-state index contributed by atoms with van der Waals surface area (Å²) < 4.78 is 1.76. The van der Waals surface area contributed by atoms with Crippen molar-refractivity contribution in [2.45, 2.75) is 51.1 Å². The molecule has 1 amide bonds. The number of benzene rings is 1. The van der Waals surface area contributed by atoms with Crippen LogP contribution in [0, 0.1) is 6.92 Å². The summed E-state index contributed by atoms with van der Waals surface area (Å²) in [5.41, 5.74) is 4.03. The van der Waals surface area contributed by atoms with Gasteiger partial charge >= 0.3 is 0 Å². The molecule has 2 aromatic rings. The smallest absolute Gasteiger partial charge is 0.263 e. The number of piperazine rings is 1. The van der Waals surface area contributed by atoms with E-state index in [1.54, 1.807) is 4.57 Å². The third kappa shape index (κ3) is 3.52. The second kappa shape index (κ2) is 7.45. The molecule has 1 aromatic heterocycles. The molecule has 5 rings (SSSR count). The molecule has 5 nitrogen and oxygen atoms in total. The van der Waals surface area contributed by atoms with Crippen LogP contribution in [-0.2, 0) is 12.8 Å². The summed E-state index contributed by atoms with van der Waals surface area (Å²) in [4.78, 5) is 30.5. The number of fused-ring (bicyclic) bond motifs is 1. The van der Waals surface area contributed by atoms with E-state index in [9.17, 15) is 9.59 Å². The first-order valence-electron chi connectivity index (χ1n) is 10.9. The van der Waals surface area contributed by atoms with E-state index in [2.05, 4.69) is 29.2 Å². The zero-order chi connectivity index (χ0) is 20.0. The van der Waals surface area contributed by atoms with Gasteiger partial charge in [-0.3, -0.25) is 14.5 Å². The predicted molar refractivity (Wildman–Crippen MR) is 113 cm³/mol. The molecule has 0 N–H and O–H groups in total. The van der Waals surface area contributed by atoms with Gasteiger partial charge in [0.1, 0.15) is 5.56 Å². The highest BCUT2D eigenvalue weighted by Gasteiger charge is 2.32. The van der Waals surface area contributed by atoms with Gasteiger partial charge in [-0.15, -0.1) is 0 Å². The highest BCUT2D eigenvalue weighted by Crippen LogP contribution is 2.33. The van der Waals surface area contributed by atoms with Crippen molar-refractivity contribution >= 4 is 5.91 Å². The van der Waals surface area contributed by atoms with Crippen LogP contribution in [0.25, 0.3) is 0 Å². The molecule has 152 valence electrons. The quantitative estimate of drug-likeness (QED) is 0.808. The van der Waals surface area contributed by atoms with Crippen LogP contribution in [0.3, 0.4) is 0 Å². The molecule has 1 aromatic carbocycles. The first-order valence-corrected chi connectivity index (χ1v) is 10.9. The van der Waals surface area contributed by atoms with Crippen LogP contribution in [0.15, 0.2) is 41.3 Å².